The van der Waals surface area contributed by atoms with E-state index in [0.717, 1.165) is 11.0 Å². The Morgan fingerprint density at radius 2 is 1.77 bits per heavy atom. The van der Waals surface area contributed by atoms with E-state index in [2.05, 4.69) is 0 Å². The van der Waals surface area contributed by atoms with E-state index in [4.69, 9.17) is 9.15 Å². The van der Waals surface area contributed by atoms with Gasteiger partial charge in [0, 0.05) is 31.4 Å². The summed E-state index contributed by atoms with van der Waals surface area (Å²) in [7, 11) is -1.96. The molecular formula is C26H30N2O6S. The van der Waals surface area contributed by atoms with Crippen LogP contribution in [0.4, 0.5) is 0 Å². The molecule has 0 bridgehead atoms. The Morgan fingerprint density at radius 3 is 2.40 bits per heavy atom. The molecule has 1 atom stereocenters. The molecule has 1 aliphatic rings. The molecule has 0 radical (unpaired) electrons. The summed E-state index contributed by atoms with van der Waals surface area (Å²) in [6.07, 6.45) is 0.881. The van der Waals surface area contributed by atoms with Crippen molar-refractivity contribution in [2.24, 2.45) is 5.92 Å². The molecule has 0 spiro atoms. The third-order valence-electron chi connectivity index (χ3n) is 6.59. The monoisotopic (exact) mass is 498 g/mol. The van der Waals surface area contributed by atoms with Crippen molar-refractivity contribution in [1.82, 2.24) is 9.21 Å². The smallest absolute Gasteiger partial charge is 0.338 e. The van der Waals surface area contributed by atoms with Crippen molar-refractivity contribution in [3.63, 3.8) is 0 Å². The summed E-state index contributed by atoms with van der Waals surface area (Å²) >= 11 is 0. The van der Waals surface area contributed by atoms with Gasteiger partial charge in [0.05, 0.1) is 23.1 Å². The summed E-state index contributed by atoms with van der Waals surface area (Å²) in [5.41, 5.74) is 1.08. The molecule has 3 aromatic rings. The van der Waals surface area contributed by atoms with E-state index in [1.54, 1.807) is 18.9 Å². The molecule has 2 heterocycles. The molecular weight excluding hydrogens is 468 g/mol. The summed E-state index contributed by atoms with van der Waals surface area (Å²) < 4.78 is 38.4. The number of hydrogen-bond donors (Lipinski definition) is 0. The van der Waals surface area contributed by atoms with Crippen molar-refractivity contribution in [2.45, 2.75) is 37.6 Å². The molecule has 9 heteroatoms. The number of carbonyl (C=O) groups is 2. The van der Waals surface area contributed by atoms with E-state index in [0.29, 0.717) is 24.2 Å². The van der Waals surface area contributed by atoms with Crippen LogP contribution in [0.3, 0.4) is 0 Å². The van der Waals surface area contributed by atoms with E-state index in [1.807, 2.05) is 37.3 Å². The van der Waals surface area contributed by atoms with Gasteiger partial charge >= 0.3 is 5.97 Å². The van der Waals surface area contributed by atoms with Gasteiger partial charge in [-0.2, -0.15) is 4.31 Å². The molecule has 0 aliphatic carbocycles. The molecule has 8 nitrogen and oxygen atoms in total. The fourth-order valence-electron chi connectivity index (χ4n) is 4.35. The second kappa shape index (κ2) is 10.2. The van der Waals surface area contributed by atoms with Crippen LogP contribution >= 0.6 is 0 Å². The van der Waals surface area contributed by atoms with Crippen molar-refractivity contribution in [3.8, 4) is 0 Å². The third-order valence-corrected chi connectivity index (χ3v) is 8.50. The van der Waals surface area contributed by atoms with Crippen LogP contribution in [0.25, 0.3) is 11.0 Å². The minimum absolute atomic E-state index is 0.0196. The molecule has 4 rings (SSSR count). The lowest BCUT2D eigenvalue weighted by Crippen LogP contribution is -2.43. The molecule has 0 N–H and O–H groups in total. The molecule has 1 fully saturated rings. The second-order valence-electron chi connectivity index (χ2n) is 8.73. The molecule has 1 unspecified atom stereocenters. The standard InChI is InChI=1S/C26H30N2O6S/c1-4-33-26(30)20-9-11-22(12-10-20)35(31,32)28-15-13-19(14-16-28)25(29)27(3)18(2)24-17-21-7-5-6-8-23(21)34-24/h5-12,17-19H,4,13-16H2,1-3H3. The number of sulfonamides is 1. The first-order chi connectivity index (χ1) is 16.7. The minimum Gasteiger partial charge on any atom is -0.462 e. The summed E-state index contributed by atoms with van der Waals surface area (Å²) in [5, 5.41) is 0.990. The topological polar surface area (TPSA) is 97.1 Å². The molecule has 186 valence electrons. The number of rotatable bonds is 7. The van der Waals surface area contributed by atoms with Crippen LogP contribution in [0, 0.1) is 5.92 Å². The molecule has 1 aliphatic heterocycles. The van der Waals surface area contributed by atoms with Crippen LogP contribution < -0.4 is 0 Å². The predicted octanol–water partition coefficient (Wildman–Crippen LogP) is 4.23. The van der Waals surface area contributed by atoms with Crippen molar-refractivity contribution >= 4 is 32.9 Å². The van der Waals surface area contributed by atoms with Crippen molar-refractivity contribution < 1.29 is 27.2 Å². The molecule has 1 aromatic heterocycles. The lowest BCUT2D eigenvalue weighted by Gasteiger charge is -2.34. The normalized spacial score (nSPS) is 16.2. The van der Waals surface area contributed by atoms with Crippen molar-refractivity contribution in [1.29, 1.82) is 0 Å². The average molecular weight is 499 g/mol. The summed E-state index contributed by atoms with van der Waals surface area (Å²) in [4.78, 5) is 26.8. The molecule has 1 amide bonds. The predicted molar refractivity (Wildman–Crippen MR) is 131 cm³/mol. The molecule has 35 heavy (non-hydrogen) atoms. The Bertz CT molecular complexity index is 1270. The lowest BCUT2D eigenvalue weighted by molar-refractivity contribution is -0.137. The van der Waals surface area contributed by atoms with Crippen LogP contribution in [-0.4, -0.2) is 56.2 Å². The van der Waals surface area contributed by atoms with Gasteiger partial charge in [-0.3, -0.25) is 4.79 Å². The number of furan rings is 1. The number of amides is 1. The number of hydrogen-bond acceptors (Lipinski definition) is 6. The second-order valence-corrected chi connectivity index (χ2v) is 10.7. The maximum Gasteiger partial charge on any atom is 0.338 e. The van der Waals surface area contributed by atoms with E-state index in [9.17, 15) is 18.0 Å². The number of esters is 1. The highest BCUT2D eigenvalue weighted by atomic mass is 32.2. The number of ether oxygens (including phenoxy) is 1. The third kappa shape index (κ3) is 5.11. The van der Waals surface area contributed by atoms with E-state index < -0.39 is 16.0 Å². The van der Waals surface area contributed by atoms with Gasteiger partial charge < -0.3 is 14.1 Å². The fraction of sp³-hybridized carbons (Fsp3) is 0.385. The number of nitrogens with zero attached hydrogens (tertiary/aromatic N) is 2. The van der Waals surface area contributed by atoms with Gasteiger partial charge in [0.15, 0.2) is 0 Å². The van der Waals surface area contributed by atoms with Crippen LogP contribution in [0.1, 0.15) is 48.8 Å². The molecule has 2 aromatic carbocycles. The molecule has 0 saturated carbocycles. The van der Waals surface area contributed by atoms with Gasteiger partial charge in [0.1, 0.15) is 11.3 Å². The van der Waals surface area contributed by atoms with E-state index in [-0.39, 0.29) is 42.5 Å². The number of piperidine rings is 1. The fourth-order valence-corrected chi connectivity index (χ4v) is 5.82. The zero-order valence-corrected chi connectivity index (χ0v) is 21.0. The van der Waals surface area contributed by atoms with Gasteiger partial charge in [0.2, 0.25) is 15.9 Å². The highest BCUT2D eigenvalue weighted by Gasteiger charge is 2.34. The van der Waals surface area contributed by atoms with Gasteiger partial charge in [-0.1, -0.05) is 18.2 Å². The van der Waals surface area contributed by atoms with Gasteiger partial charge in [-0.25, -0.2) is 13.2 Å². The lowest BCUT2D eigenvalue weighted by atomic mass is 9.96. The van der Waals surface area contributed by atoms with Crippen molar-refractivity contribution in [2.75, 3.05) is 26.7 Å². The highest BCUT2D eigenvalue weighted by molar-refractivity contribution is 7.89. The zero-order valence-electron chi connectivity index (χ0n) is 20.1. The zero-order chi connectivity index (χ0) is 25.2. The Kier molecular flexibility index (Phi) is 7.28. The summed E-state index contributed by atoms with van der Waals surface area (Å²) in [5.74, 6) is -0.0524. The van der Waals surface area contributed by atoms with Crippen LogP contribution in [0.5, 0.6) is 0 Å². The summed E-state index contributed by atoms with van der Waals surface area (Å²) in [6.45, 7) is 4.40. The SMILES string of the molecule is CCOC(=O)c1ccc(S(=O)(=O)N2CCC(C(=O)N(C)C(C)c3cc4ccccc4o3)CC2)cc1. The number of benzene rings is 2. The first-order valence-electron chi connectivity index (χ1n) is 11.7. The van der Waals surface area contributed by atoms with Crippen LogP contribution in [-0.2, 0) is 19.6 Å². The maximum absolute atomic E-state index is 13.2. The number of para-hydroxylation sites is 1. The number of carbonyl (C=O) groups excluding carboxylic acids is 2. The summed E-state index contributed by atoms with van der Waals surface area (Å²) in [6, 6.07) is 15.2. The van der Waals surface area contributed by atoms with E-state index >= 15 is 0 Å². The minimum atomic E-state index is -3.72. The largest absolute Gasteiger partial charge is 0.462 e. The average Bonchev–Trinajstić information content (AvgIpc) is 3.32. The van der Waals surface area contributed by atoms with Crippen LogP contribution in [0.15, 0.2) is 63.9 Å². The van der Waals surface area contributed by atoms with Gasteiger partial charge in [0.25, 0.3) is 0 Å². The Hall–Kier alpha value is -3.17. The van der Waals surface area contributed by atoms with Crippen molar-refractivity contribution in [3.05, 3.63) is 65.9 Å². The number of fused-ring (bicyclic) bond motifs is 1. The highest BCUT2D eigenvalue weighted by Crippen LogP contribution is 2.30. The van der Waals surface area contributed by atoms with Gasteiger partial charge in [-0.15, -0.1) is 0 Å². The Labute approximate surface area is 205 Å². The quantitative estimate of drug-likeness (QED) is 0.452. The van der Waals surface area contributed by atoms with Gasteiger partial charge in [-0.05, 0) is 63.1 Å². The Morgan fingerprint density at radius 1 is 1.11 bits per heavy atom. The first kappa shape index (κ1) is 24.9. The van der Waals surface area contributed by atoms with Crippen LogP contribution in [0.2, 0.25) is 0 Å². The Balaban J connectivity index is 1.38. The maximum atomic E-state index is 13.2. The first-order valence-corrected chi connectivity index (χ1v) is 13.2. The molecule has 1 saturated heterocycles. The van der Waals surface area contributed by atoms with E-state index in [1.165, 1.54) is 28.6 Å².